The molecule has 3 aromatic rings. The average molecular weight is 400 g/mol. The molecule has 0 saturated carbocycles. The number of pyridine rings is 1. The standard InChI is InChI=1S/C20H22ClN5O2/c1-13(2)19-17(12-24-26(19)16-6-4-5-15(21)9-16)25-20(27)23-11-14-7-8-18(28-3)22-10-14/h4-10,12-13H,11H2,1-3H3,(H2,23,25,27). The third-order valence-electron chi connectivity index (χ3n) is 4.11. The van der Waals surface area contributed by atoms with Crippen LogP contribution in [0.1, 0.15) is 31.0 Å². The summed E-state index contributed by atoms with van der Waals surface area (Å²) < 4.78 is 6.82. The number of nitrogens with one attached hydrogen (secondary N) is 2. The van der Waals surface area contributed by atoms with Gasteiger partial charge in [0.2, 0.25) is 5.88 Å². The van der Waals surface area contributed by atoms with Crippen LogP contribution in [0, 0.1) is 0 Å². The molecule has 0 atom stereocenters. The summed E-state index contributed by atoms with van der Waals surface area (Å²) >= 11 is 6.10. The number of nitrogens with zero attached hydrogens (tertiary/aromatic N) is 3. The maximum atomic E-state index is 12.4. The molecule has 1 aromatic carbocycles. The Morgan fingerprint density at radius 3 is 2.71 bits per heavy atom. The summed E-state index contributed by atoms with van der Waals surface area (Å²) in [5.74, 6) is 0.672. The van der Waals surface area contributed by atoms with E-state index in [1.165, 1.54) is 0 Å². The predicted molar refractivity (Wildman–Crippen MR) is 109 cm³/mol. The number of anilines is 1. The number of benzene rings is 1. The monoisotopic (exact) mass is 399 g/mol. The summed E-state index contributed by atoms with van der Waals surface area (Å²) in [7, 11) is 1.56. The Kier molecular flexibility index (Phi) is 6.16. The molecule has 2 aromatic heterocycles. The summed E-state index contributed by atoms with van der Waals surface area (Å²) in [6.07, 6.45) is 3.31. The molecule has 0 aliphatic carbocycles. The number of carbonyl (C=O) groups is 1. The van der Waals surface area contributed by atoms with Crippen LogP contribution in [-0.2, 0) is 6.54 Å². The Labute approximate surface area is 168 Å². The van der Waals surface area contributed by atoms with E-state index in [9.17, 15) is 4.79 Å². The first kappa shape index (κ1) is 19.7. The molecule has 8 heteroatoms. The molecule has 0 aliphatic rings. The van der Waals surface area contributed by atoms with E-state index in [-0.39, 0.29) is 11.9 Å². The molecule has 2 heterocycles. The van der Waals surface area contributed by atoms with E-state index in [1.54, 1.807) is 30.3 Å². The van der Waals surface area contributed by atoms with Gasteiger partial charge in [-0.1, -0.05) is 37.6 Å². The molecule has 0 saturated heterocycles. The number of rotatable bonds is 6. The summed E-state index contributed by atoms with van der Waals surface area (Å²) in [6.45, 7) is 4.44. The molecule has 0 fully saturated rings. The van der Waals surface area contributed by atoms with Crippen molar-refractivity contribution in [3.63, 3.8) is 0 Å². The van der Waals surface area contributed by atoms with Crippen LogP contribution in [0.15, 0.2) is 48.8 Å². The highest BCUT2D eigenvalue weighted by atomic mass is 35.5. The Balaban J connectivity index is 1.71. The molecule has 0 spiro atoms. The lowest BCUT2D eigenvalue weighted by atomic mass is 10.1. The highest BCUT2D eigenvalue weighted by Gasteiger charge is 2.17. The fraction of sp³-hybridized carbons (Fsp3) is 0.250. The van der Waals surface area contributed by atoms with Gasteiger partial charge in [-0.15, -0.1) is 0 Å². The van der Waals surface area contributed by atoms with Crippen LogP contribution < -0.4 is 15.4 Å². The first-order valence-corrected chi connectivity index (χ1v) is 9.23. The average Bonchev–Trinajstić information content (AvgIpc) is 3.10. The molecule has 28 heavy (non-hydrogen) atoms. The minimum Gasteiger partial charge on any atom is -0.481 e. The van der Waals surface area contributed by atoms with E-state index >= 15 is 0 Å². The number of methoxy groups -OCH3 is 1. The number of aromatic nitrogens is 3. The van der Waals surface area contributed by atoms with Crippen molar-refractivity contribution < 1.29 is 9.53 Å². The van der Waals surface area contributed by atoms with E-state index in [2.05, 4.69) is 20.7 Å². The van der Waals surface area contributed by atoms with Crippen molar-refractivity contribution in [3.05, 3.63) is 65.1 Å². The van der Waals surface area contributed by atoms with Gasteiger partial charge < -0.3 is 15.4 Å². The summed E-state index contributed by atoms with van der Waals surface area (Å²) in [6, 6.07) is 10.7. The molecule has 7 nitrogen and oxygen atoms in total. The topological polar surface area (TPSA) is 81.1 Å². The lowest BCUT2D eigenvalue weighted by Crippen LogP contribution is -2.28. The molecule has 3 rings (SSSR count). The van der Waals surface area contributed by atoms with Gasteiger partial charge >= 0.3 is 6.03 Å². The smallest absolute Gasteiger partial charge is 0.319 e. The molecular formula is C20H22ClN5O2. The molecule has 0 unspecified atom stereocenters. The lowest BCUT2D eigenvalue weighted by molar-refractivity contribution is 0.251. The van der Waals surface area contributed by atoms with Crippen LogP contribution in [0.4, 0.5) is 10.5 Å². The summed E-state index contributed by atoms with van der Waals surface area (Å²) in [4.78, 5) is 16.5. The van der Waals surface area contributed by atoms with Gasteiger partial charge in [0, 0.05) is 23.8 Å². The molecule has 2 N–H and O–H groups in total. The fourth-order valence-electron chi connectivity index (χ4n) is 2.81. The van der Waals surface area contributed by atoms with E-state index < -0.39 is 0 Å². The Morgan fingerprint density at radius 2 is 2.07 bits per heavy atom. The van der Waals surface area contributed by atoms with E-state index in [4.69, 9.17) is 16.3 Å². The zero-order chi connectivity index (χ0) is 20.1. The fourth-order valence-corrected chi connectivity index (χ4v) is 2.99. The number of ether oxygens (including phenoxy) is 1. The Hall–Kier alpha value is -3.06. The van der Waals surface area contributed by atoms with Gasteiger partial charge in [0.1, 0.15) is 0 Å². The molecule has 0 bridgehead atoms. The van der Waals surface area contributed by atoms with Gasteiger partial charge in [-0.2, -0.15) is 5.10 Å². The van der Waals surface area contributed by atoms with Crippen LogP contribution in [0.25, 0.3) is 5.69 Å². The quantitative estimate of drug-likeness (QED) is 0.644. The Morgan fingerprint density at radius 1 is 1.25 bits per heavy atom. The van der Waals surface area contributed by atoms with Crippen molar-refractivity contribution in [1.82, 2.24) is 20.1 Å². The van der Waals surface area contributed by atoms with Gasteiger partial charge in [0.05, 0.1) is 30.4 Å². The number of urea groups is 1. The number of hydrogen-bond acceptors (Lipinski definition) is 4. The van der Waals surface area contributed by atoms with Crippen molar-refractivity contribution in [2.75, 3.05) is 12.4 Å². The molecule has 0 aliphatic heterocycles. The number of hydrogen-bond donors (Lipinski definition) is 2. The molecular weight excluding hydrogens is 378 g/mol. The van der Waals surface area contributed by atoms with Crippen LogP contribution in [-0.4, -0.2) is 27.9 Å². The van der Waals surface area contributed by atoms with Gasteiger partial charge in [0.15, 0.2) is 0 Å². The molecule has 0 radical (unpaired) electrons. The van der Waals surface area contributed by atoms with Gasteiger partial charge in [-0.3, -0.25) is 0 Å². The van der Waals surface area contributed by atoms with E-state index in [0.29, 0.717) is 23.1 Å². The normalized spacial score (nSPS) is 10.8. The second-order valence-electron chi connectivity index (χ2n) is 6.51. The number of carbonyl (C=O) groups excluding carboxylic acids is 1. The summed E-state index contributed by atoms with van der Waals surface area (Å²) in [5.41, 5.74) is 3.26. The first-order valence-electron chi connectivity index (χ1n) is 8.85. The second-order valence-corrected chi connectivity index (χ2v) is 6.94. The summed E-state index contributed by atoms with van der Waals surface area (Å²) in [5, 5.41) is 10.8. The minimum atomic E-state index is -0.316. The predicted octanol–water partition coefficient (Wildman–Crippen LogP) is 4.37. The first-order chi connectivity index (χ1) is 13.5. The van der Waals surface area contributed by atoms with Crippen LogP contribution >= 0.6 is 11.6 Å². The van der Waals surface area contributed by atoms with Crippen molar-refractivity contribution in [2.24, 2.45) is 0 Å². The number of halogens is 1. The Bertz CT molecular complexity index is 953. The van der Waals surface area contributed by atoms with E-state index in [1.807, 2.05) is 44.2 Å². The van der Waals surface area contributed by atoms with Crippen LogP contribution in [0.2, 0.25) is 5.02 Å². The lowest BCUT2D eigenvalue weighted by Gasteiger charge is -2.14. The maximum Gasteiger partial charge on any atom is 0.319 e. The second kappa shape index (κ2) is 8.75. The van der Waals surface area contributed by atoms with Crippen molar-refractivity contribution >= 4 is 23.3 Å². The van der Waals surface area contributed by atoms with Crippen molar-refractivity contribution in [3.8, 4) is 11.6 Å². The van der Waals surface area contributed by atoms with Crippen molar-refractivity contribution in [2.45, 2.75) is 26.3 Å². The molecule has 2 amide bonds. The minimum absolute atomic E-state index is 0.141. The van der Waals surface area contributed by atoms with Crippen molar-refractivity contribution in [1.29, 1.82) is 0 Å². The highest BCUT2D eigenvalue weighted by molar-refractivity contribution is 6.30. The molecule has 146 valence electrons. The van der Waals surface area contributed by atoms with Crippen LogP contribution in [0.5, 0.6) is 5.88 Å². The maximum absolute atomic E-state index is 12.4. The highest BCUT2D eigenvalue weighted by Crippen LogP contribution is 2.27. The number of amides is 2. The zero-order valence-corrected chi connectivity index (χ0v) is 16.7. The largest absolute Gasteiger partial charge is 0.481 e. The van der Waals surface area contributed by atoms with Gasteiger partial charge in [-0.25, -0.2) is 14.5 Å². The third kappa shape index (κ3) is 4.61. The zero-order valence-electron chi connectivity index (χ0n) is 15.9. The van der Waals surface area contributed by atoms with Gasteiger partial charge in [0.25, 0.3) is 0 Å². The van der Waals surface area contributed by atoms with E-state index in [0.717, 1.165) is 16.9 Å². The van der Waals surface area contributed by atoms with Gasteiger partial charge in [-0.05, 0) is 29.7 Å². The SMILES string of the molecule is COc1ccc(CNC(=O)Nc2cnn(-c3cccc(Cl)c3)c2C(C)C)cn1. The third-order valence-corrected chi connectivity index (χ3v) is 4.35. The van der Waals surface area contributed by atoms with Crippen LogP contribution in [0.3, 0.4) is 0 Å².